The standard InChI is InChI=1S/C14H10.H2Se/c1-2-6-12-10-14-8-4-3-7-13(14)9-11(12)5-1;/h1-10H;1H2. The van der Waals surface area contributed by atoms with Crippen molar-refractivity contribution in [3.63, 3.8) is 0 Å². The van der Waals surface area contributed by atoms with Crippen LogP contribution >= 0.6 is 0 Å². The molecule has 0 radical (unpaired) electrons. The van der Waals surface area contributed by atoms with E-state index in [-0.39, 0.29) is 17.1 Å². The number of hydrogen-bond acceptors (Lipinski definition) is 0. The Morgan fingerprint density at radius 3 is 1.00 bits per heavy atom. The average Bonchev–Trinajstić information content (AvgIpc) is 2.26. The molecule has 0 fully saturated rings. The van der Waals surface area contributed by atoms with Crippen LogP contribution in [0.3, 0.4) is 0 Å². The molecule has 3 aromatic rings. The molecule has 0 aliphatic rings. The Kier molecular flexibility index (Phi) is 2.77. The monoisotopic (exact) mass is 260 g/mol. The van der Waals surface area contributed by atoms with Crippen molar-refractivity contribution in [2.24, 2.45) is 0 Å². The van der Waals surface area contributed by atoms with Crippen molar-refractivity contribution in [3.8, 4) is 0 Å². The van der Waals surface area contributed by atoms with Crippen LogP contribution in [0.5, 0.6) is 0 Å². The molecule has 0 amide bonds. The number of benzene rings is 3. The number of rotatable bonds is 0. The van der Waals surface area contributed by atoms with E-state index >= 15 is 0 Å². The zero-order valence-electron chi connectivity index (χ0n) is 8.27. The normalized spacial score (nSPS) is 10.1. The van der Waals surface area contributed by atoms with Gasteiger partial charge in [-0.2, -0.15) is 0 Å². The van der Waals surface area contributed by atoms with E-state index in [9.17, 15) is 0 Å². The Labute approximate surface area is 99.4 Å². The summed E-state index contributed by atoms with van der Waals surface area (Å²) in [7, 11) is 0. The maximum Gasteiger partial charge on any atom is -0.0178 e. The summed E-state index contributed by atoms with van der Waals surface area (Å²) < 4.78 is 0. The molecular formula is C14H12Se. The Hall–Kier alpha value is -1.30. The van der Waals surface area contributed by atoms with Gasteiger partial charge in [-0.05, 0) is 33.7 Å². The number of fused-ring (bicyclic) bond motifs is 2. The van der Waals surface area contributed by atoms with Gasteiger partial charge in [-0.3, -0.25) is 0 Å². The zero-order valence-corrected chi connectivity index (χ0v) is 10.4. The average molecular weight is 259 g/mol. The molecule has 0 saturated heterocycles. The van der Waals surface area contributed by atoms with Crippen LogP contribution in [-0.4, -0.2) is 17.1 Å². The van der Waals surface area contributed by atoms with Gasteiger partial charge >= 0.3 is 17.1 Å². The third kappa shape index (κ3) is 1.77. The van der Waals surface area contributed by atoms with Gasteiger partial charge in [0.1, 0.15) is 0 Å². The minimum Gasteiger partial charge on any atom is -0.0616 e. The molecule has 0 bridgehead atoms. The summed E-state index contributed by atoms with van der Waals surface area (Å²) in [5.74, 6) is 0. The van der Waals surface area contributed by atoms with Crippen LogP contribution in [0.15, 0.2) is 60.7 Å². The smallest absolute Gasteiger partial charge is 0.0178 e. The summed E-state index contributed by atoms with van der Waals surface area (Å²) in [6, 6.07) is 21.4. The molecule has 15 heavy (non-hydrogen) atoms. The maximum atomic E-state index is 2.24. The molecule has 3 rings (SSSR count). The van der Waals surface area contributed by atoms with Crippen molar-refractivity contribution >= 4 is 38.6 Å². The summed E-state index contributed by atoms with van der Waals surface area (Å²) >= 11 is 0. The zero-order chi connectivity index (χ0) is 9.38. The fraction of sp³-hybridized carbons (Fsp3) is 0. The molecule has 0 aliphatic heterocycles. The third-order valence-electron chi connectivity index (χ3n) is 2.61. The van der Waals surface area contributed by atoms with Gasteiger partial charge < -0.3 is 0 Å². The molecule has 1 heteroatoms. The van der Waals surface area contributed by atoms with Gasteiger partial charge in [0.05, 0.1) is 0 Å². The van der Waals surface area contributed by atoms with Crippen molar-refractivity contribution in [1.82, 2.24) is 0 Å². The van der Waals surface area contributed by atoms with Gasteiger partial charge in [0.2, 0.25) is 0 Å². The van der Waals surface area contributed by atoms with E-state index in [2.05, 4.69) is 60.7 Å². The summed E-state index contributed by atoms with van der Waals surface area (Å²) in [5, 5.41) is 5.25. The molecule has 0 atom stereocenters. The van der Waals surface area contributed by atoms with E-state index in [1.54, 1.807) is 0 Å². The fourth-order valence-electron chi connectivity index (χ4n) is 1.88. The Balaban J connectivity index is 0.000000853. The molecule has 0 nitrogen and oxygen atoms in total. The quantitative estimate of drug-likeness (QED) is 0.430. The van der Waals surface area contributed by atoms with Crippen molar-refractivity contribution in [2.75, 3.05) is 0 Å². The predicted octanol–water partition coefficient (Wildman–Crippen LogP) is 3.08. The Morgan fingerprint density at radius 2 is 0.733 bits per heavy atom. The molecule has 0 N–H and O–H groups in total. The predicted molar refractivity (Wildman–Crippen MR) is 70.0 cm³/mol. The first-order valence-corrected chi connectivity index (χ1v) is 4.81. The second-order valence-corrected chi connectivity index (χ2v) is 3.55. The SMILES string of the molecule is [SeH2].c1ccc2cc3ccccc3cc2c1. The molecule has 0 aliphatic carbocycles. The molecule has 0 heterocycles. The van der Waals surface area contributed by atoms with E-state index in [1.165, 1.54) is 21.5 Å². The Morgan fingerprint density at radius 1 is 0.467 bits per heavy atom. The van der Waals surface area contributed by atoms with E-state index in [4.69, 9.17) is 0 Å². The van der Waals surface area contributed by atoms with Crippen LogP contribution in [-0.2, 0) is 0 Å². The van der Waals surface area contributed by atoms with Crippen LogP contribution in [0.25, 0.3) is 21.5 Å². The van der Waals surface area contributed by atoms with Crippen LogP contribution in [0.4, 0.5) is 0 Å². The Bertz CT molecular complexity index is 494. The van der Waals surface area contributed by atoms with Crippen LogP contribution in [0.2, 0.25) is 0 Å². The second-order valence-electron chi connectivity index (χ2n) is 3.55. The first-order valence-electron chi connectivity index (χ1n) is 4.81. The van der Waals surface area contributed by atoms with Crippen LogP contribution < -0.4 is 0 Å². The first kappa shape index (κ1) is 10.2. The molecule has 74 valence electrons. The van der Waals surface area contributed by atoms with E-state index in [1.807, 2.05) is 0 Å². The van der Waals surface area contributed by atoms with Crippen molar-refractivity contribution < 1.29 is 0 Å². The molecule has 3 aromatic carbocycles. The fourth-order valence-corrected chi connectivity index (χ4v) is 1.88. The van der Waals surface area contributed by atoms with E-state index in [0.29, 0.717) is 0 Å². The maximum absolute atomic E-state index is 2.24. The van der Waals surface area contributed by atoms with Gasteiger partial charge in [0, 0.05) is 0 Å². The van der Waals surface area contributed by atoms with Crippen molar-refractivity contribution in [1.29, 1.82) is 0 Å². The molecule has 0 unspecified atom stereocenters. The third-order valence-corrected chi connectivity index (χ3v) is 2.61. The molecule has 0 aromatic heterocycles. The minimum atomic E-state index is 0. The van der Waals surface area contributed by atoms with Gasteiger partial charge in [-0.15, -0.1) is 0 Å². The topological polar surface area (TPSA) is 0 Å². The van der Waals surface area contributed by atoms with E-state index in [0.717, 1.165) is 0 Å². The number of hydrogen-bond donors (Lipinski definition) is 0. The second kappa shape index (κ2) is 4.06. The van der Waals surface area contributed by atoms with Crippen molar-refractivity contribution in [2.45, 2.75) is 0 Å². The van der Waals surface area contributed by atoms with Crippen LogP contribution in [0, 0.1) is 0 Å². The summed E-state index contributed by atoms with van der Waals surface area (Å²) in [6.07, 6.45) is 0. The van der Waals surface area contributed by atoms with E-state index < -0.39 is 0 Å². The van der Waals surface area contributed by atoms with Crippen LogP contribution in [0.1, 0.15) is 0 Å². The van der Waals surface area contributed by atoms with Crippen molar-refractivity contribution in [3.05, 3.63) is 60.7 Å². The summed E-state index contributed by atoms with van der Waals surface area (Å²) in [5.41, 5.74) is 0. The largest absolute Gasteiger partial charge is 0.0616 e. The van der Waals surface area contributed by atoms with Gasteiger partial charge in [-0.25, -0.2) is 0 Å². The van der Waals surface area contributed by atoms with Gasteiger partial charge in [0.15, 0.2) is 0 Å². The molecule has 0 saturated carbocycles. The molecular weight excluding hydrogens is 247 g/mol. The summed E-state index contributed by atoms with van der Waals surface area (Å²) in [6.45, 7) is 0. The minimum absolute atomic E-state index is 0. The van der Waals surface area contributed by atoms with Gasteiger partial charge in [0.25, 0.3) is 0 Å². The van der Waals surface area contributed by atoms with Gasteiger partial charge in [-0.1, -0.05) is 48.5 Å². The molecule has 0 spiro atoms. The first-order chi connectivity index (χ1) is 6.93. The summed E-state index contributed by atoms with van der Waals surface area (Å²) in [4.78, 5) is 0.